The molecule has 0 aromatic heterocycles. The first-order valence-electron chi connectivity index (χ1n) is 3.83. The minimum absolute atomic E-state index is 1.62. The van der Waals surface area contributed by atoms with E-state index in [1.165, 1.54) is 0 Å². The Morgan fingerprint density at radius 3 is 1.00 bits per heavy atom. The molecule has 0 saturated heterocycles. The highest BCUT2D eigenvalue weighted by atomic mass is 31.2. The molecule has 0 rings (SSSR count). The van der Waals surface area contributed by atoms with E-state index < -0.39 is 46.3 Å². The molecule has 14 heteroatoms. The summed E-state index contributed by atoms with van der Waals surface area (Å²) in [6, 6.07) is 0. The monoisotopic (exact) mass is 315 g/mol. The third-order valence-corrected chi connectivity index (χ3v) is 3.98. The summed E-state index contributed by atoms with van der Waals surface area (Å²) in [5.74, 6) is 0. The van der Waals surface area contributed by atoms with Gasteiger partial charge in [-0.1, -0.05) is 0 Å². The molecule has 0 heterocycles. The van der Waals surface area contributed by atoms with Gasteiger partial charge in [-0.25, -0.2) is 0 Å². The largest absolute Gasteiger partial charge is 0.631 e. The lowest BCUT2D eigenvalue weighted by molar-refractivity contribution is -0.848. The van der Waals surface area contributed by atoms with E-state index in [0.29, 0.717) is 0 Å². The van der Waals surface area contributed by atoms with Gasteiger partial charge in [-0.2, -0.15) is 0 Å². The fraction of sp³-hybridized carbons (Fsp3) is 1.00. The molecular weight excluding hydrogens is 303 g/mol. The summed E-state index contributed by atoms with van der Waals surface area (Å²) in [4.78, 5) is 51.2. The molecule has 0 atom stereocenters. The summed E-state index contributed by atoms with van der Waals surface area (Å²) in [7, 11) is -15.0. The summed E-state index contributed by atoms with van der Waals surface area (Å²) < 4.78 is 29.4. The second kappa shape index (κ2) is 5.16. The Hall–Kier alpha value is 0.370. The van der Waals surface area contributed by atoms with Crippen LogP contribution in [0.5, 0.6) is 0 Å². The zero-order valence-electron chi connectivity index (χ0n) is 8.23. The standard InChI is InChI=1S/C3H12NO10P3/c5-4(1-15(6,7)8,2-16(9,10)11)3-17(12,13)14/h1-3H2,(H2,6,7,8)(H2,9,10,11)(H2,12,13,14). The van der Waals surface area contributed by atoms with Crippen molar-refractivity contribution in [2.45, 2.75) is 0 Å². The minimum Gasteiger partial charge on any atom is -0.631 e. The zero-order valence-corrected chi connectivity index (χ0v) is 10.9. The molecule has 17 heavy (non-hydrogen) atoms. The van der Waals surface area contributed by atoms with Crippen LogP contribution in [-0.2, 0) is 13.7 Å². The van der Waals surface area contributed by atoms with Crippen molar-refractivity contribution in [2.24, 2.45) is 0 Å². The average molecular weight is 315 g/mol. The topological polar surface area (TPSA) is 196 Å². The summed E-state index contributed by atoms with van der Waals surface area (Å²) >= 11 is 0. The number of hydrogen-bond donors (Lipinski definition) is 6. The summed E-state index contributed by atoms with van der Waals surface area (Å²) in [5.41, 5.74) is 0. The van der Waals surface area contributed by atoms with Crippen LogP contribution >= 0.6 is 22.8 Å². The van der Waals surface area contributed by atoms with Crippen LogP contribution in [0.3, 0.4) is 0 Å². The molecule has 0 aliphatic heterocycles. The Bertz CT molecular complexity index is 341. The van der Waals surface area contributed by atoms with Crippen molar-refractivity contribution < 1.29 is 47.7 Å². The summed E-state index contributed by atoms with van der Waals surface area (Å²) in [6.07, 6.45) is -4.87. The van der Waals surface area contributed by atoms with Gasteiger partial charge < -0.3 is 39.2 Å². The van der Waals surface area contributed by atoms with Gasteiger partial charge in [0.1, 0.15) is 0 Å². The van der Waals surface area contributed by atoms with Crippen molar-refractivity contribution in [1.29, 1.82) is 0 Å². The molecule has 0 bridgehead atoms. The maximum absolute atomic E-state index is 11.6. The summed E-state index contributed by atoms with van der Waals surface area (Å²) in [6.45, 7) is 0. The normalized spacial score (nSPS) is 15.0. The van der Waals surface area contributed by atoms with Crippen LogP contribution in [0.15, 0.2) is 0 Å². The molecule has 6 N–H and O–H groups in total. The van der Waals surface area contributed by atoms with Gasteiger partial charge in [0.2, 0.25) is 0 Å². The van der Waals surface area contributed by atoms with Crippen LogP contribution < -0.4 is 0 Å². The van der Waals surface area contributed by atoms with Gasteiger partial charge >= 0.3 is 22.8 Å². The molecule has 0 saturated carbocycles. The Labute approximate surface area is 95.3 Å². The van der Waals surface area contributed by atoms with Crippen molar-refractivity contribution >= 4 is 22.8 Å². The third kappa shape index (κ3) is 10.0. The molecule has 0 aromatic rings. The van der Waals surface area contributed by atoms with E-state index in [1.807, 2.05) is 0 Å². The first-order valence-corrected chi connectivity index (χ1v) is 9.22. The second-order valence-electron chi connectivity index (χ2n) is 3.48. The average Bonchev–Trinajstić information content (AvgIpc) is 1.65. The Morgan fingerprint density at radius 1 is 0.706 bits per heavy atom. The van der Waals surface area contributed by atoms with E-state index in [2.05, 4.69) is 0 Å². The van der Waals surface area contributed by atoms with Crippen molar-refractivity contribution in [3.05, 3.63) is 5.21 Å². The van der Waals surface area contributed by atoms with Gasteiger partial charge in [0, 0.05) is 0 Å². The van der Waals surface area contributed by atoms with E-state index >= 15 is 0 Å². The predicted octanol–water partition coefficient (Wildman–Crippen LogP) is -1.29. The lowest BCUT2D eigenvalue weighted by atomic mass is 10.9. The fourth-order valence-electron chi connectivity index (χ4n) is 1.14. The summed E-state index contributed by atoms with van der Waals surface area (Å²) in [5, 5.41) is 11.6. The van der Waals surface area contributed by atoms with Crippen LogP contribution in [0.1, 0.15) is 0 Å². The smallest absolute Gasteiger partial charge is 0.379 e. The molecule has 0 fully saturated rings. The molecule has 104 valence electrons. The van der Waals surface area contributed by atoms with Crippen molar-refractivity contribution in [3.63, 3.8) is 0 Å². The van der Waals surface area contributed by atoms with Gasteiger partial charge in [0.25, 0.3) is 0 Å². The molecule has 11 nitrogen and oxygen atoms in total. The molecule has 0 aliphatic rings. The molecular formula is C3H12NO10P3. The van der Waals surface area contributed by atoms with Crippen molar-refractivity contribution in [2.75, 3.05) is 18.9 Å². The highest BCUT2D eigenvalue weighted by Crippen LogP contribution is 2.49. The zero-order chi connectivity index (χ0) is 14.1. The van der Waals surface area contributed by atoms with Gasteiger partial charge in [-0.05, 0) is 0 Å². The fourth-order valence-corrected chi connectivity index (χ4v) is 4.23. The van der Waals surface area contributed by atoms with Gasteiger partial charge in [0.05, 0.1) is 0 Å². The molecule has 0 radical (unpaired) electrons. The maximum Gasteiger partial charge on any atom is 0.379 e. The van der Waals surface area contributed by atoms with Gasteiger partial charge in [-0.15, -0.1) is 0 Å². The second-order valence-corrected chi connectivity index (χ2v) is 8.31. The highest BCUT2D eigenvalue weighted by molar-refractivity contribution is 7.53. The molecule has 0 unspecified atom stereocenters. The molecule has 0 spiro atoms. The van der Waals surface area contributed by atoms with E-state index in [-0.39, 0.29) is 0 Å². The van der Waals surface area contributed by atoms with Crippen LogP contribution in [0.25, 0.3) is 0 Å². The molecule has 0 amide bonds. The minimum atomic E-state index is -4.99. The highest BCUT2D eigenvalue weighted by Gasteiger charge is 2.39. The van der Waals surface area contributed by atoms with E-state index in [9.17, 15) is 18.9 Å². The lowest BCUT2D eigenvalue weighted by Crippen LogP contribution is -2.44. The van der Waals surface area contributed by atoms with E-state index in [4.69, 9.17) is 29.4 Å². The third-order valence-electron chi connectivity index (χ3n) is 1.33. The first-order chi connectivity index (χ1) is 7.12. The number of nitrogens with zero attached hydrogens (tertiary/aromatic N) is 1. The van der Waals surface area contributed by atoms with Crippen LogP contribution in [0.4, 0.5) is 0 Å². The van der Waals surface area contributed by atoms with Crippen molar-refractivity contribution in [1.82, 2.24) is 0 Å². The Balaban J connectivity index is 5.15. The lowest BCUT2D eigenvalue weighted by Gasteiger charge is -2.41. The first kappa shape index (κ1) is 17.4. The predicted molar refractivity (Wildman–Crippen MR) is 54.4 cm³/mol. The number of rotatable bonds is 6. The van der Waals surface area contributed by atoms with Crippen LogP contribution in [-0.4, -0.2) is 52.9 Å². The number of quaternary nitrogens is 1. The number of hydroxylamine groups is 3. The van der Waals surface area contributed by atoms with E-state index in [0.717, 1.165) is 0 Å². The van der Waals surface area contributed by atoms with Crippen LogP contribution in [0, 0.1) is 5.21 Å². The van der Waals surface area contributed by atoms with E-state index in [1.54, 1.807) is 0 Å². The molecule has 0 aromatic carbocycles. The van der Waals surface area contributed by atoms with Crippen LogP contribution in [0.2, 0.25) is 0 Å². The maximum atomic E-state index is 11.6. The number of hydrogen-bond acceptors (Lipinski definition) is 4. The van der Waals surface area contributed by atoms with Gasteiger partial charge in [-0.3, -0.25) is 13.7 Å². The SMILES string of the molecule is O=P(O)(O)C[N+]([O-])(CP(=O)(O)O)CP(=O)(O)O. The molecule has 0 aliphatic carbocycles. The Kier molecular flexibility index (Phi) is 5.27. The Morgan fingerprint density at radius 2 is 0.882 bits per heavy atom. The van der Waals surface area contributed by atoms with Gasteiger partial charge in [0.15, 0.2) is 18.9 Å². The quantitative estimate of drug-likeness (QED) is 0.195. The van der Waals surface area contributed by atoms with Crippen molar-refractivity contribution in [3.8, 4) is 0 Å².